The molecule has 18 heavy (non-hydrogen) atoms. The van der Waals surface area contributed by atoms with Crippen molar-refractivity contribution in [1.82, 2.24) is 4.98 Å². The van der Waals surface area contributed by atoms with Crippen LogP contribution >= 0.6 is 0 Å². The number of nitrogens with two attached hydrogens (primary N) is 1. The number of benzene rings is 1. The van der Waals surface area contributed by atoms with Crippen molar-refractivity contribution in [2.45, 2.75) is 19.4 Å². The maximum absolute atomic E-state index is 13.4. The van der Waals surface area contributed by atoms with Crippen LogP contribution < -0.4 is 5.73 Å². The van der Waals surface area contributed by atoms with E-state index in [2.05, 4.69) is 4.98 Å². The highest BCUT2D eigenvalue weighted by atomic mass is 19.1. The molecule has 0 spiro atoms. The molecule has 94 valence electrons. The van der Waals surface area contributed by atoms with Crippen LogP contribution in [0.5, 0.6) is 0 Å². The fourth-order valence-electron chi connectivity index (χ4n) is 1.87. The topological polar surface area (TPSA) is 38.9 Å². The van der Waals surface area contributed by atoms with Crippen LogP contribution in [-0.2, 0) is 5.54 Å². The van der Waals surface area contributed by atoms with Crippen LogP contribution in [0.4, 0.5) is 8.78 Å². The molecule has 0 aliphatic rings. The molecule has 0 aliphatic heterocycles. The van der Waals surface area contributed by atoms with Gasteiger partial charge in [-0.15, -0.1) is 0 Å². The van der Waals surface area contributed by atoms with Gasteiger partial charge in [0.25, 0.3) is 0 Å². The Kier molecular flexibility index (Phi) is 3.13. The zero-order chi connectivity index (χ0) is 13.3. The Morgan fingerprint density at radius 1 is 1.11 bits per heavy atom. The van der Waals surface area contributed by atoms with Gasteiger partial charge >= 0.3 is 0 Å². The first-order valence-electron chi connectivity index (χ1n) is 5.58. The molecule has 2 aromatic rings. The molecule has 0 radical (unpaired) electrons. The number of aryl methyl sites for hydroxylation is 1. The molecular weight excluding hydrogens is 234 g/mol. The number of nitrogens with zero attached hydrogens (tertiary/aromatic N) is 1. The van der Waals surface area contributed by atoms with Crippen molar-refractivity contribution in [3.05, 3.63) is 65.0 Å². The van der Waals surface area contributed by atoms with E-state index in [-0.39, 0.29) is 5.82 Å². The van der Waals surface area contributed by atoms with Crippen LogP contribution in [0.2, 0.25) is 0 Å². The number of halogens is 2. The summed E-state index contributed by atoms with van der Waals surface area (Å²) in [6.07, 6.45) is 1.10. The van der Waals surface area contributed by atoms with Gasteiger partial charge in [-0.3, -0.25) is 4.98 Å². The van der Waals surface area contributed by atoms with Gasteiger partial charge in [0.15, 0.2) is 0 Å². The fourth-order valence-corrected chi connectivity index (χ4v) is 1.87. The second kappa shape index (κ2) is 4.46. The van der Waals surface area contributed by atoms with Gasteiger partial charge in [0, 0.05) is 0 Å². The minimum absolute atomic E-state index is 0.344. The summed E-state index contributed by atoms with van der Waals surface area (Å²) in [5.74, 6) is -0.770. The predicted molar refractivity (Wildman–Crippen MR) is 66.0 cm³/mol. The first-order valence-corrected chi connectivity index (χ1v) is 5.58. The van der Waals surface area contributed by atoms with Crippen LogP contribution in [0, 0.1) is 18.6 Å². The van der Waals surface area contributed by atoms with E-state index in [1.807, 2.05) is 0 Å². The minimum Gasteiger partial charge on any atom is -0.317 e. The number of aromatic nitrogens is 1. The highest BCUT2D eigenvalue weighted by Gasteiger charge is 2.26. The zero-order valence-electron chi connectivity index (χ0n) is 10.2. The molecule has 0 bridgehead atoms. The summed E-state index contributed by atoms with van der Waals surface area (Å²) in [5.41, 5.74) is 7.12. The lowest BCUT2D eigenvalue weighted by Crippen LogP contribution is -2.35. The standard InChI is InChI=1S/C14H14F2N2/c1-9-5-10(7-12(16)6-9)14(2,17)13-4-3-11(15)8-18-13/h3-8H,17H2,1-2H3. The molecule has 0 saturated heterocycles. The zero-order valence-corrected chi connectivity index (χ0v) is 10.2. The van der Waals surface area contributed by atoms with Crippen molar-refractivity contribution in [2.75, 3.05) is 0 Å². The average Bonchev–Trinajstić information content (AvgIpc) is 2.28. The minimum atomic E-state index is -0.958. The van der Waals surface area contributed by atoms with Crippen molar-refractivity contribution in [3.8, 4) is 0 Å². The van der Waals surface area contributed by atoms with Gasteiger partial charge in [0.05, 0.1) is 17.4 Å². The van der Waals surface area contributed by atoms with Crippen LogP contribution in [-0.4, -0.2) is 4.98 Å². The van der Waals surface area contributed by atoms with Crippen molar-refractivity contribution >= 4 is 0 Å². The first-order chi connectivity index (χ1) is 8.39. The van der Waals surface area contributed by atoms with E-state index in [9.17, 15) is 8.78 Å². The van der Waals surface area contributed by atoms with E-state index < -0.39 is 11.4 Å². The fraction of sp³-hybridized carbons (Fsp3) is 0.214. The molecule has 4 heteroatoms. The molecule has 0 amide bonds. The van der Waals surface area contributed by atoms with E-state index in [0.29, 0.717) is 11.3 Å². The molecule has 2 rings (SSSR count). The quantitative estimate of drug-likeness (QED) is 0.887. The summed E-state index contributed by atoms with van der Waals surface area (Å²) < 4.78 is 26.2. The maximum Gasteiger partial charge on any atom is 0.141 e. The van der Waals surface area contributed by atoms with Gasteiger partial charge < -0.3 is 5.73 Å². The summed E-state index contributed by atoms with van der Waals surface area (Å²) in [6.45, 7) is 3.52. The average molecular weight is 248 g/mol. The van der Waals surface area contributed by atoms with Crippen molar-refractivity contribution in [3.63, 3.8) is 0 Å². The highest BCUT2D eigenvalue weighted by Crippen LogP contribution is 2.26. The third-order valence-corrected chi connectivity index (χ3v) is 2.90. The van der Waals surface area contributed by atoms with Crippen molar-refractivity contribution in [1.29, 1.82) is 0 Å². The van der Waals surface area contributed by atoms with E-state index >= 15 is 0 Å². The first kappa shape index (κ1) is 12.6. The highest BCUT2D eigenvalue weighted by molar-refractivity contribution is 5.36. The molecule has 1 heterocycles. The normalized spacial score (nSPS) is 14.3. The Morgan fingerprint density at radius 2 is 1.83 bits per heavy atom. The van der Waals surface area contributed by atoms with Crippen LogP contribution in [0.3, 0.4) is 0 Å². The van der Waals surface area contributed by atoms with Crippen LogP contribution in [0.25, 0.3) is 0 Å². The number of hydrogen-bond donors (Lipinski definition) is 1. The Labute approximate surface area is 104 Å². The number of pyridine rings is 1. The van der Waals surface area contributed by atoms with Gasteiger partial charge in [-0.25, -0.2) is 8.78 Å². The van der Waals surface area contributed by atoms with Crippen molar-refractivity contribution in [2.24, 2.45) is 5.73 Å². The Bertz CT molecular complexity index is 542. The van der Waals surface area contributed by atoms with Crippen LogP contribution in [0.1, 0.15) is 23.7 Å². The van der Waals surface area contributed by atoms with Gasteiger partial charge in [-0.1, -0.05) is 6.07 Å². The lowest BCUT2D eigenvalue weighted by atomic mass is 9.88. The molecule has 1 unspecified atom stereocenters. The molecular formula is C14H14F2N2. The monoisotopic (exact) mass is 248 g/mol. The second-order valence-corrected chi connectivity index (χ2v) is 4.58. The number of rotatable bonds is 2. The van der Waals surface area contributed by atoms with E-state index in [1.54, 1.807) is 19.9 Å². The summed E-state index contributed by atoms with van der Waals surface area (Å²) >= 11 is 0. The Balaban J connectivity index is 2.49. The van der Waals surface area contributed by atoms with E-state index in [0.717, 1.165) is 11.8 Å². The Morgan fingerprint density at radius 3 is 2.39 bits per heavy atom. The van der Waals surface area contributed by atoms with Gasteiger partial charge in [-0.2, -0.15) is 0 Å². The molecule has 0 aliphatic carbocycles. The third kappa shape index (κ3) is 2.38. The third-order valence-electron chi connectivity index (χ3n) is 2.90. The smallest absolute Gasteiger partial charge is 0.141 e. The summed E-state index contributed by atoms with van der Waals surface area (Å²) in [5, 5.41) is 0. The second-order valence-electron chi connectivity index (χ2n) is 4.58. The summed E-state index contributed by atoms with van der Waals surface area (Å²) in [7, 11) is 0. The van der Waals surface area contributed by atoms with Gasteiger partial charge in [-0.05, 0) is 49.2 Å². The molecule has 1 atom stereocenters. The summed E-state index contributed by atoms with van der Waals surface area (Å²) in [4.78, 5) is 3.96. The molecule has 0 saturated carbocycles. The van der Waals surface area contributed by atoms with E-state index in [1.165, 1.54) is 24.3 Å². The van der Waals surface area contributed by atoms with Gasteiger partial charge in [0.2, 0.25) is 0 Å². The largest absolute Gasteiger partial charge is 0.317 e. The van der Waals surface area contributed by atoms with Crippen molar-refractivity contribution < 1.29 is 8.78 Å². The SMILES string of the molecule is Cc1cc(F)cc(C(C)(N)c2ccc(F)cn2)c1. The summed E-state index contributed by atoms with van der Waals surface area (Å²) in [6, 6.07) is 7.40. The van der Waals surface area contributed by atoms with Gasteiger partial charge in [0.1, 0.15) is 11.6 Å². The van der Waals surface area contributed by atoms with Crippen LogP contribution in [0.15, 0.2) is 36.5 Å². The van der Waals surface area contributed by atoms with E-state index in [4.69, 9.17) is 5.73 Å². The molecule has 1 aromatic carbocycles. The lowest BCUT2D eigenvalue weighted by Gasteiger charge is -2.25. The molecule has 2 nitrogen and oxygen atoms in total. The predicted octanol–water partition coefficient (Wildman–Crippen LogP) is 2.89. The molecule has 0 fully saturated rings. The Hall–Kier alpha value is -1.81. The maximum atomic E-state index is 13.4. The lowest BCUT2D eigenvalue weighted by molar-refractivity contribution is 0.556. The molecule has 1 aromatic heterocycles. The number of hydrogen-bond acceptors (Lipinski definition) is 2. The molecule has 2 N–H and O–H groups in total.